The number of anilines is 1. The molecule has 0 fully saturated rings. The number of hydrogen-bond donors (Lipinski definition) is 1. The van der Waals surface area contributed by atoms with Crippen LogP contribution in [0.4, 0.5) is 22.7 Å². The standard InChI is InChI=1S/C10H15FN6S.C7H5F3N2O.C7H7NO/c1-7-5-17(16-13-7)6-8(11)3-4-9-14-15-10(12-2)18-9;8-7(9,10)5-1-2-11-6(3-5)4-12-13;9-6-4-7-3-1-2-5-8-7/h5,8H,3-4,6H2,1-2H3,(H,12,15);1-3H,4H2;1-3,5-6H,4H2. The number of nitrogens with one attached hydrogen (secondary N) is 1. The van der Waals surface area contributed by atoms with Crippen LogP contribution in [0.15, 0.2) is 54.1 Å². The average molecular weight is 582 g/mol. The van der Waals surface area contributed by atoms with Gasteiger partial charge in [-0.25, -0.2) is 9.07 Å². The third kappa shape index (κ3) is 12.1. The highest BCUT2D eigenvalue weighted by molar-refractivity contribution is 7.15. The Labute approximate surface area is 231 Å². The molecule has 1 atom stereocenters. The van der Waals surface area contributed by atoms with E-state index >= 15 is 0 Å². The number of alkyl halides is 4. The Morgan fingerprint density at radius 2 is 1.90 bits per heavy atom. The predicted octanol–water partition coefficient (Wildman–Crippen LogP) is 4.64. The summed E-state index contributed by atoms with van der Waals surface area (Å²) in [5.41, 5.74) is 0.823. The van der Waals surface area contributed by atoms with Crippen LogP contribution in [0.25, 0.3) is 0 Å². The molecule has 40 heavy (non-hydrogen) atoms. The summed E-state index contributed by atoms with van der Waals surface area (Å²) in [6, 6.07) is 7.17. The van der Waals surface area contributed by atoms with E-state index in [1.54, 1.807) is 19.4 Å². The molecule has 0 saturated carbocycles. The van der Waals surface area contributed by atoms with Crippen LogP contribution in [0.5, 0.6) is 0 Å². The first kappa shape index (κ1) is 32.0. The van der Waals surface area contributed by atoms with Crippen LogP contribution in [0, 0.1) is 11.8 Å². The smallest absolute Gasteiger partial charge is 0.363 e. The van der Waals surface area contributed by atoms with E-state index in [0.29, 0.717) is 19.3 Å². The molecule has 0 spiro atoms. The maximum Gasteiger partial charge on any atom is 0.416 e. The lowest BCUT2D eigenvalue weighted by Crippen LogP contribution is -2.13. The van der Waals surface area contributed by atoms with Crippen LogP contribution < -0.4 is 5.32 Å². The van der Waals surface area contributed by atoms with Crippen LogP contribution in [0.2, 0.25) is 0 Å². The molecule has 214 valence electrons. The molecule has 4 aromatic rings. The Hall–Kier alpha value is -4.21. The molecular formula is C24H27F4N9O2S. The lowest BCUT2D eigenvalue weighted by atomic mass is 10.2. The van der Waals surface area contributed by atoms with Crippen molar-refractivity contribution in [1.82, 2.24) is 35.2 Å². The highest BCUT2D eigenvalue weighted by Gasteiger charge is 2.30. The van der Waals surface area contributed by atoms with Gasteiger partial charge in [0.15, 0.2) is 0 Å². The first-order chi connectivity index (χ1) is 19.1. The summed E-state index contributed by atoms with van der Waals surface area (Å²) in [6.07, 6.45) is 1.33. The summed E-state index contributed by atoms with van der Waals surface area (Å²) < 4.78 is 51.5. The lowest BCUT2D eigenvalue weighted by molar-refractivity contribution is -0.137. The number of hydrogen-bond acceptors (Lipinski definition) is 11. The van der Waals surface area contributed by atoms with E-state index in [9.17, 15) is 27.3 Å². The maximum atomic E-state index is 13.7. The number of aryl methyl sites for hydroxylation is 2. The summed E-state index contributed by atoms with van der Waals surface area (Å²) in [5, 5.41) is 22.5. The third-order valence-corrected chi connectivity index (χ3v) is 5.78. The number of carbonyl (C=O) groups is 1. The third-order valence-electron chi connectivity index (χ3n) is 4.78. The average Bonchev–Trinajstić information content (AvgIpc) is 3.57. The fourth-order valence-electron chi connectivity index (χ4n) is 2.93. The minimum absolute atomic E-state index is 0.0184. The van der Waals surface area contributed by atoms with Crippen molar-refractivity contribution in [2.45, 2.75) is 51.6 Å². The van der Waals surface area contributed by atoms with Gasteiger partial charge in [-0.15, -0.1) is 15.3 Å². The zero-order valence-electron chi connectivity index (χ0n) is 21.6. The Balaban J connectivity index is 0.000000224. The number of nitrogens with zero attached hydrogens (tertiary/aromatic N) is 8. The molecule has 16 heteroatoms. The number of carbonyl (C=O) groups excluding carboxylic acids is 1. The summed E-state index contributed by atoms with van der Waals surface area (Å²) in [5.74, 6) is 0. The van der Waals surface area contributed by atoms with Gasteiger partial charge in [-0.1, -0.05) is 27.8 Å². The van der Waals surface area contributed by atoms with Crippen LogP contribution in [-0.2, 0) is 36.9 Å². The van der Waals surface area contributed by atoms with Crippen LogP contribution in [-0.4, -0.2) is 54.7 Å². The van der Waals surface area contributed by atoms with Gasteiger partial charge in [0.25, 0.3) is 0 Å². The topological polar surface area (TPSA) is 141 Å². The maximum absolute atomic E-state index is 13.7. The van der Waals surface area contributed by atoms with E-state index in [4.69, 9.17) is 0 Å². The quantitative estimate of drug-likeness (QED) is 0.161. The number of nitroso groups, excluding NO2 is 1. The predicted molar refractivity (Wildman–Crippen MR) is 140 cm³/mol. The van der Waals surface area contributed by atoms with Crippen molar-refractivity contribution >= 4 is 22.8 Å². The molecule has 0 bridgehead atoms. The Bertz CT molecular complexity index is 1300. The second-order valence-electron chi connectivity index (χ2n) is 7.98. The van der Waals surface area contributed by atoms with Gasteiger partial charge in [0.1, 0.15) is 24.0 Å². The zero-order chi connectivity index (χ0) is 29.4. The monoisotopic (exact) mass is 581 g/mol. The molecule has 0 aliphatic carbocycles. The molecule has 0 radical (unpaired) electrons. The Kier molecular flexibility index (Phi) is 13.4. The van der Waals surface area contributed by atoms with E-state index < -0.39 is 17.9 Å². The highest BCUT2D eigenvalue weighted by atomic mass is 32.1. The van der Waals surface area contributed by atoms with Gasteiger partial charge in [0.2, 0.25) is 5.13 Å². The molecule has 0 aromatic carbocycles. The van der Waals surface area contributed by atoms with Crippen molar-refractivity contribution in [2.75, 3.05) is 12.4 Å². The van der Waals surface area contributed by atoms with E-state index in [2.05, 4.69) is 41.0 Å². The molecule has 0 aliphatic heterocycles. The minimum atomic E-state index is -4.40. The molecule has 11 nitrogen and oxygen atoms in total. The van der Waals surface area contributed by atoms with Crippen LogP contribution in [0.3, 0.4) is 0 Å². The molecule has 0 saturated heterocycles. The van der Waals surface area contributed by atoms with Gasteiger partial charge in [-0.05, 0) is 37.6 Å². The Morgan fingerprint density at radius 1 is 1.12 bits per heavy atom. The van der Waals surface area contributed by atoms with Crippen molar-refractivity contribution in [3.8, 4) is 0 Å². The highest BCUT2D eigenvalue weighted by Crippen LogP contribution is 2.29. The van der Waals surface area contributed by atoms with Gasteiger partial charge in [-0.2, -0.15) is 18.1 Å². The number of pyridine rings is 2. The van der Waals surface area contributed by atoms with Gasteiger partial charge in [0.05, 0.1) is 23.5 Å². The van der Waals surface area contributed by atoms with Gasteiger partial charge < -0.3 is 10.1 Å². The second-order valence-corrected chi connectivity index (χ2v) is 9.04. The van der Waals surface area contributed by atoms with Crippen LogP contribution >= 0.6 is 11.3 Å². The van der Waals surface area contributed by atoms with Crippen molar-refractivity contribution in [1.29, 1.82) is 0 Å². The molecule has 4 rings (SSSR count). The first-order valence-electron chi connectivity index (χ1n) is 11.8. The first-order valence-corrected chi connectivity index (χ1v) is 12.6. The van der Waals surface area contributed by atoms with Crippen molar-refractivity contribution in [3.05, 3.63) is 81.5 Å². The normalized spacial score (nSPS) is 11.3. The van der Waals surface area contributed by atoms with Gasteiger partial charge in [0, 0.05) is 44.2 Å². The van der Waals surface area contributed by atoms with E-state index in [-0.39, 0.29) is 18.8 Å². The van der Waals surface area contributed by atoms with E-state index in [0.717, 1.165) is 46.1 Å². The van der Waals surface area contributed by atoms with Crippen molar-refractivity contribution < 1.29 is 22.4 Å². The zero-order valence-corrected chi connectivity index (χ0v) is 22.4. The number of aldehydes is 1. The molecule has 1 unspecified atom stereocenters. The number of aromatic nitrogens is 7. The summed E-state index contributed by atoms with van der Waals surface area (Å²) in [4.78, 5) is 27.2. The van der Waals surface area contributed by atoms with Crippen molar-refractivity contribution in [3.63, 3.8) is 0 Å². The summed E-state index contributed by atoms with van der Waals surface area (Å²) in [7, 11) is 1.79. The Morgan fingerprint density at radius 3 is 2.48 bits per heavy atom. The molecule has 4 heterocycles. The number of rotatable bonds is 10. The lowest BCUT2D eigenvalue weighted by Gasteiger charge is -2.05. The molecular weight excluding hydrogens is 554 g/mol. The van der Waals surface area contributed by atoms with Crippen molar-refractivity contribution in [2.24, 2.45) is 5.18 Å². The SMILES string of the molecule is CNc1nnc(CCC(F)Cn2cc(C)nn2)s1.O=CCc1ccccn1.O=NCc1cc(C(F)(F)F)ccn1. The fraction of sp³-hybridized carbons (Fsp3) is 0.375. The summed E-state index contributed by atoms with van der Waals surface area (Å²) >= 11 is 1.45. The minimum Gasteiger partial charge on any atom is -0.363 e. The second kappa shape index (κ2) is 16.7. The van der Waals surface area contributed by atoms with Gasteiger partial charge in [-0.3, -0.25) is 9.97 Å². The molecule has 0 amide bonds. The number of halogens is 4. The summed E-state index contributed by atoms with van der Waals surface area (Å²) in [6.45, 7) is 1.72. The van der Waals surface area contributed by atoms with E-state index in [1.165, 1.54) is 16.0 Å². The van der Waals surface area contributed by atoms with Gasteiger partial charge >= 0.3 is 6.18 Å². The molecule has 0 aliphatic rings. The molecule has 1 N–H and O–H groups in total. The van der Waals surface area contributed by atoms with Crippen LogP contribution in [0.1, 0.15) is 34.1 Å². The molecule has 4 aromatic heterocycles. The van der Waals surface area contributed by atoms with E-state index in [1.807, 2.05) is 25.1 Å². The fourth-order valence-corrected chi connectivity index (χ4v) is 3.63. The largest absolute Gasteiger partial charge is 0.416 e.